The van der Waals surface area contributed by atoms with E-state index in [1.165, 1.54) is 21.8 Å². The van der Waals surface area contributed by atoms with Crippen molar-refractivity contribution in [2.75, 3.05) is 7.05 Å². The van der Waals surface area contributed by atoms with Crippen molar-refractivity contribution in [1.82, 2.24) is 9.88 Å². The Labute approximate surface area is 159 Å². The molecule has 3 rings (SSSR count). The summed E-state index contributed by atoms with van der Waals surface area (Å²) < 4.78 is 5.67. The number of nitrogens with zero attached hydrogens (tertiary/aromatic N) is 2. The molecule has 0 aliphatic carbocycles. The molecule has 0 saturated carbocycles. The van der Waals surface area contributed by atoms with Gasteiger partial charge >= 0.3 is 0 Å². The molecule has 0 saturated heterocycles. The predicted octanol–water partition coefficient (Wildman–Crippen LogP) is 5.02. The first kappa shape index (κ1) is 17.9. The Bertz CT molecular complexity index is 858. The van der Waals surface area contributed by atoms with Crippen LogP contribution in [0.25, 0.3) is 0 Å². The lowest BCUT2D eigenvalue weighted by atomic mass is 10.3. The highest BCUT2D eigenvalue weighted by molar-refractivity contribution is 7.10. The molecule has 0 bridgehead atoms. The van der Waals surface area contributed by atoms with E-state index in [9.17, 15) is 4.79 Å². The molecule has 0 spiro atoms. The van der Waals surface area contributed by atoms with Gasteiger partial charge in [0.05, 0.1) is 6.54 Å². The number of aromatic nitrogens is 1. The van der Waals surface area contributed by atoms with Crippen molar-refractivity contribution < 1.29 is 9.53 Å². The van der Waals surface area contributed by atoms with Gasteiger partial charge in [-0.2, -0.15) is 0 Å². The van der Waals surface area contributed by atoms with Crippen molar-refractivity contribution in [3.8, 4) is 5.75 Å². The van der Waals surface area contributed by atoms with Crippen molar-refractivity contribution in [2.24, 2.45) is 0 Å². The summed E-state index contributed by atoms with van der Waals surface area (Å²) in [4.78, 5) is 19.8. The van der Waals surface area contributed by atoms with E-state index in [1.54, 1.807) is 52.9 Å². The summed E-state index contributed by atoms with van der Waals surface area (Å²) in [5.41, 5.74) is 1.66. The van der Waals surface area contributed by atoms with Gasteiger partial charge in [0.2, 0.25) is 0 Å². The smallest absolute Gasteiger partial charge is 0.273 e. The summed E-state index contributed by atoms with van der Waals surface area (Å²) in [6, 6.07) is 9.22. The van der Waals surface area contributed by atoms with Crippen LogP contribution in [0.1, 0.15) is 25.9 Å². The van der Waals surface area contributed by atoms with Gasteiger partial charge in [-0.1, -0.05) is 11.6 Å². The zero-order chi connectivity index (χ0) is 17.8. The number of benzene rings is 1. The number of thiazole rings is 1. The number of aryl methyl sites for hydroxylation is 1. The summed E-state index contributed by atoms with van der Waals surface area (Å²) in [5, 5.41) is 5.25. The van der Waals surface area contributed by atoms with Crippen LogP contribution in [0, 0.1) is 6.92 Å². The molecule has 0 atom stereocenters. The normalized spacial score (nSPS) is 10.7. The average molecular weight is 393 g/mol. The fourth-order valence-electron chi connectivity index (χ4n) is 2.20. The number of ether oxygens (including phenoxy) is 1. The Morgan fingerprint density at radius 1 is 1.24 bits per heavy atom. The van der Waals surface area contributed by atoms with E-state index in [-0.39, 0.29) is 5.91 Å². The highest BCUT2D eigenvalue weighted by Crippen LogP contribution is 2.20. The second kappa shape index (κ2) is 7.99. The van der Waals surface area contributed by atoms with Crippen LogP contribution < -0.4 is 4.74 Å². The minimum atomic E-state index is -0.0817. The molecule has 0 radical (unpaired) electrons. The first-order valence-electron chi connectivity index (χ1n) is 7.64. The highest BCUT2D eigenvalue weighted by atomic mass is 35.5. The van der Waals surface area contributed by atoms with E-state index in [2.05, 4.69) is 18.0 Å². The molecule has 0 aliphatic rings. The lowest BCUT2D eigenvalue weighted by Gasteiger charge is -2.15. The fourth-order valence-corrected chi connectivity index (χ4v) is 3.96. The van der Waals surface area contributed by atoms with Gasteiger partial charge < -0.3 is 9.64 Å². The molecule has 0 unspecified atom stereocenters. The van der Waals surface area contributed by atoms with Gasteiger partial charge in [0, 0.05) is 22.3 Å². The molecule has 0 aliphatic heterocycles. The summed E-state index contributed by atoms with van der Waals surface area (Å²) in [5.74, 6) is 0.638. The maximum absolute atomic E-state index is 12.5. The Morgan fingerprint density at radius 2 is 2.00 bits per heavy atom. The Morgan fingerprint density at radius 3 is 2.68 bits per heavy atom. The van der Waals surface area contributed by atoms with Gasteiger partial charge in [0.15, 0.2) is 0 Å². The molecule has 1 amide bonds. The van der Waals surface area contributed by atoms with Crippen LogP contribution in [-0.2, 0) is 13.2 Å². The topological polar surface area (TPSA) is 42.4 Å². The van der Waals surface area contributed by atoms with Crippen LogP contribution in [0.3, 0.4) is 0 Å². The van der Waals surface area contributed by atoms with Crippen molar-refractivity contribution in [2.45, 2.75) is 20.1 Å². The van der Waals surface area contributed by atoms with Crippen molar-refractivity contribution >= 4 is 40.2 Å². The molecule has 2 aromatic heterocycles. The van der Waals surface area contributed by atoms with Crippen LogP contribution in [-0.4, -0.2) is 22.8 Å². The summed E-state index contributed by atoms with van der Waals surface area (Å²) in [7, 11) is 1.80. The standard InChI is InChI=1S/C18H17ClN2O2S2/c1-12-7-8-24-16(12)9-21(2)18(22)15-11-25-17(20-15)10-23-14-5-3-13(19)4-6-14/h3-8,11H,9-10H2,1-2H3. The summed E-state index contributed by atoms with van der Waals surface area (Å²) >= 11 is 8.93. The van der Waals surface area contributed by atoms with Crippen LogP contribution >= 0.6 is 34.3 Å². The maximum Gasteiger partial charge on any atom is 0.273 e. The zero-order valence-corrected chi connectivity index (χ0v) is 16.2. The minimum Gasteiger partial charge on any atom is -0.486 e. The summed E-state index contributed by atoms with van der Waals surface area (Å²) in [6.07, 6.45) is 0. The number of rotatable bonds is 6. The molecule has 3 aromatic rings. The maximum atomic E-state index is 12.5. The average Bonchev–Trinajstić information content (AvgIpc) is 3.23. The van der Waals surface area contributed by atoms with Gasteiger partial charge in [0.25, 0.3) is 5.91 Å². The number of halogens is 1. The van der Waals surface area contributed by atoms with E-state index < -0.39 is 0 Å². The van der Waals surface area contributed by atoms with E-state index in [1.807, 2.05) is 5.38 Å². The number of carbonyl (C=O) groups is 1. The molecule has 7 heteroatoms. The van der Waals surface area contributed by atoms with E-state index in [0.717, 1.165) is 10.8 Å². The number of amides is 1. The third-order valence-corrected chi connectivity index (χ3v) is 5.72. The van der Waals surface area contributed by atoms with Crippen molar-refractivity contribution in [3.05, 3.63) is 67.3 Å². The van der Waals surface area contributed by atoms with Gasteiger partial charge in [-0.05, 0) is 48.2 Å². The molecule has 1 aromatic carbocycles. The van der Waals surface area contributed by atoms with Crippen LogP contribution in [0.2, 0.25) is 5.02 Å². The minimum absolute atomic E-state index is 0.0817. The Balaban J connectivity index is 1.59. The highest BCUT2D eigenvalue weighted by Gasteiger charge is 2.17. The fraction of sp³-hybridized carbons (Fsp3) is 0.222. The molecule has 4 nitrogen and oxygen atoms in total. The van der Waals surface area contributed by atoms with Gasteiger partial charge in [-0.3, -0.25) is 4.79 Å². The quantitative estimate of drug-likeness (QED) is 0.591. The van der Waals surface area contributed by atoms with Crippen LogP contribution in [0.4, 0.5) is 0 Å². The van der Waals surface area contributed by atoms with Crippen LogP contribution in [0.15, 0.2) is 41.1 Å². The van der Waals surface area contributed by atoms with E-state index in [0.29, 0.717) is 23.9 Å². The third-order valence-electron chi connectivity index (χ3n) is 3.64. The van der Waals surface area contributed by atoms with Gasteiger partial charge in [0.1, 0.15) is 23.1 Å². The van der Waals surface area contributed by atoms with Crippen LogP contribution in [0.5, 0.6) is 5.75 Å². The predicted molar refractivity (Wildman–Crippen MR) is 103 cm³/mol. The first-order valence-corrected chi connectivity index (χ1v) is 9.78. The molecular weight excluding hydrogens is 376 g/mol. The largest absolute Gasteiger partial charge is 0.486 e. The molecular formula is C18H17ClN2O2S2. The van der Waals surface area contributed by atoms with E-state index in [4.69, 9.17) is 16.3 Å². The number of carbonyl (C=O) groups excluding carboxylic acids is 1. The number of thiophene rings is 1. The molecule has 130 valence electrons. The third kappa shape index (κ3) is 4.60. The van der Waals surface area contributed by atoms with E-state index >= 15 is 0 Å². The SMILES string of the molecule is Cc1ccsc1CN(C)C(=O)c1csc(COc2ccc(Cl)cc2)n1. The van der Waals surface area contributed by atoms with Gasteiger partial charge in [-0.15, -0.1) is 22.7 Å². The lowest BCUT2D eigenvalue weighted by molar-refractivity contribution is 0.0781. The first-order chi connectivity index (χ1) is 12.0. The van der Waals surface area contributed by atoms with Crippen molar-refractivity contribution in [1.29, 1.82) is 0 Å². The second-order valence-electron chi connectivity index (χ2n) is 5.56. The molecule has 25 heavy (non-hydrogen) atoms. The second-order valence-corrected chi connectivity index (χ2v) is 7.94. The Hall–Kier alpha value is -1.89. The van der Waals surface area contributed by atoms with Gasteiger partial charge in [-0.25, -0.2) is 4.98 Å². The molecule has 0 fully saturated rings. The zero-order valence-electron chi connectivity index (χ0n) is 13.9. The number of hydrogen-bond acceptors (Lipinski definition) is 5. The molecule has 2 heterocycles. The monoisotopic (exact) mass is 392 g/mol. The number of hydrogen-bond donors (Lipinski definition) is 0. The summed E-state index contributed by atoms with van der Waals surface area (Å²) in [6.45, 7) is 2.98. The lowest BCUT2D eigenvalue weighted by Crippen LogP contribution is -2.26. The van der Waals surface area contributed by atoms with Crippen molar-refractivity contribution in [3.63, 3.8) is 0 Å². The molecule has 0 N–H and O–H groups in total. The Kier molecular flexibility index (Phi) is 5.73.